The van der Waals surface area contributed by atoms with E-state index in [4.69, 9.17) is 4.74 Å². The molecule has 1 spiro atoms. The minimum atomic E-state index is -0.103. The highest BCUT2D eigenvalue weighted by atomic mass is 16.5. The molecule has 1 fully saturated rings. The van der Waals surface area contributed by atoms with E-state index in [1.165, 1.54) is 5.56 Å². The Bertz CT molecular complexity index is 501. The van der Waals surface area contributed by atoms with Crippen molar-refractivity contribution >= 4 is 5.78 Å². The molecular formula is C15H16O2. The van der Waals surface area contributed by atoms with Crippen LogP contribution in [0.4, 0.5) is 0 Å². The molecule has 1 atom stereocenters. The first-order chi connectivity index (χ1) is 8.20. The maximum Gasteiger partial charge on any atom is 0.134 e. The molecule has 1 unspecified atom stereocenters. The molecule has 2 heteroatoms. The number of ketones is 1. The molecule has 2 aliphatic rings. The van der Waals surface area contributed by atoms with E-state index in [-0.39, 0.29) is 5.41 Å². The average molecular weight is 228 g/mol. The van der Waals surface area contributed by atoms with Gasteiger partial charge in [-0.1, -0.05) is 18.2 Å². The van der Waals surface area contributed by atoms with Crippen LogP contribution in [-0.4, -0.2) is 5.78 Å². The van der Waals surface area contributed by atoms with Gasteiger partial charge in [0.25, 0.3) is 0 Å². The van der Waals surface area contributed by atoms with Gasteiger partial charge < -0.3 is 4.74 Å². The topological polar surface area (TPSA) is 26.3 Å². The molecule has 1 aromatic rings. The fourth-order valence-corrected chi connectivity index (χ4v) is 3.12. The Kier molecular flexibility index (Phi) is 2.32. The Hall–Kier alpha value is -1.57. The van der Waals surface area contributed by atoms with Crippen LogP contribution in [0, 0.1) is 0 Å². The largest absolute Gasteiger partial charge is 0.462 e. The van der Waals surface area contributed by atoms with Crippen molar-refractivity contribution in [3.05, 3.63) is 41.7 Å². The lowest BCUT2D eigenvalue weighted by atomic mass is 9.67. The molecule has 1 heterocycles. The summed E-state index contributed by atoms with van der Waals surface area (Å²) in [7, 11) is 0. The zero-order chi connectivity index (χ0) is 11.9. The summed E-state index contributed by atoms with van der Waals surface area (Å²) in [5, 5.41) is 0. The van der Waals surface area contributed by atoms with Gasteiger partial charge in [-0.3, -0.25) is 4.79 Å². The van der Waals surface area contributed by atoms with Gasteiger partial charge in [0.15, 0.2) is 0 Å². The van der Waals surface area contributed by atoms with Crippen LogP contribution in [0.5, 0.6) is 5.75 Å². The van der Waals surface area contributed by atoms with Gasteiger partial charge in [-0.25, -0.2) is 0 Å². The van der Waals surface area contributed by atoms with E-state index in [0.717, 1.165) is 30.8 Å². The van der Waals surface area contributed by atoms with Crippen molar-refractivity contribution in [2.45, 2.75) is 38.0 Å². The maximum atomic E-state index is 11.8. The molecule has 0 radical (unpaired) electrons. The third kappa shape index (κ3) is 1.68. The summed E-state index contributed by atoms with van der Waals surface area (Å²) in [4.78, 5) is 11.8. The first-order valence-electron chi connectivity index (χ1n) is 6.18. The van der Waals surface area contributed by atoms with E-state index in [2.05, 4.69) is 12.1 Å². The second-order valence-electron chi connectivity index (χ2n) is 5.08. The number of fused-ring (bicyclic) bond motifs is 2. The van der Waals surface area contributed by atoms with E-state index in [9.17, 15) is 4.79 Å². The number of rotatable bonds is 0. The minimum Gasteiger partial charge on any atom is -0.462 e. The van der Waals surface area contributed by atoms with Crippen LogP contribution in [0.3, 0.4) is 0 Å². The number of hydrogen-bond donors (Lipinski definition) is 0. The molecule has 0 bridgehead atoms. The number of Topliss-reactive ketones (excluding diaryl/α,β-unsaturated/α-hetero) is 1. The van der Waals surface area contributed by atoms with Gasteiger partial charge in [-0.15, -0.1) is 0 Å². The third-order valence-corrected chi connectivity index (χ3v) is 3.77. The van der Waals surface area contributed by atoms with Crippen molar-refractivity contribution in [1.82, 2.24) is 0 Å². The Morgan fingerprint density at radius 3 is 2.94 bits per heavy atom. The molecule has 2 nitrogen and oxygen atoms in total. The van der Waals surface area contributed by atoms with Crippen molar-refractivity contribution in [3.63, 3.8) is 0 Å². The SMILES string of the molecule is CC1=CC2(CCCC(=O)C2)c2ccccc2O1. The summed E-state index contributed by atoms with van der Waals surface area (Å²) in [6.45, 7) is 1.97. The summed E-state index contributed by atoms with van der Waals surface area (Å²) >= 11 is 0. The number of carbonyl (C=O) groups is 1. The molecule has 0 aromatic heterocycles. The van der Waals surface area contributed by atoms with E-state index < -0.39 is 0 Å². The van der Waals surface area contributed by atoms with Gasteiger partial charge in [0, 0.05) is 23.8 Å². The lowest BCUT2D eigenvalue weighted by Crippen LogP contribution is -2.34. The van der Waals surface area contributed by atoms with Crippen LogP contribution < -0.4 is 4.74 Å². The standard InChI is InChI=1S/C15H16O2/c1-11-9-15(8-4-5-12(16)10-15)13-6-2-3-7-14(13)17-11/h2-3,6-7,9H,4-5,8,10H2,1H3. The van der Waals surface area contributed by atoms with Crippen molar-refractivity contribution < 1.29 is 9.53 Å². The number of ether oxygens (including phenoxy) is 1. The molecule has 17 heavy (non-hydrogen) atoms. The smallest absolute Gasteiger partial charge is 0.134 e. The van der Waals surface area contributed by atoms with Crippen molar-refractivity contribution in [2.24, 2.45) is 0 Å². The number of carbonyl (C=O) groups excluding carboxylic acids is 1. The highest BCUT2D eigenvalue weighted by Crippen LogP contribution is 2.46. The first kappa shape index (κ1) is 10.6. The second-order valence-corrected chi connectivity index (χ2v) is 5.08. The maximum absolute atomic E-state index is 11.8. The van der Waals surface area contributed by atoms with Crippen LogP contribution in [0.1, 0.15) is 38.2 Å². The highest BCUT2D eigenvalue weighted by molar-refractivity contribution is 5.82. The van der Waals surface area contributed by atoms with Crippen molar-refractivity contribution in [2.75, 3.05) is 0 Å². The summed E-state index contributed by atoms with van der Waals surface area (Å²) in [6.07, 6.45) is 5.54. The summed E-state index contributed by atoms with van der Waals surface area (Å²) < 4.78 is 5.74. The van der Waals surface area contributed by atoms with Crippen molar-refractivity contribution in [1.29, 1.82) is 0 Å². The molecule has 1 aliphatic carbocycles. The first-order valence-corrected chi connectivity index (χ1v) is 6.18. The van der Waals surface area contributed by atoms with Crippen LogP contribution >= 0.6 is 0 Å². The number of para-hydroxylation sites is 1. The Morgan fingerprint density at radius 2 is 2.12 bits per heavy atom. The number of allylic oxidation sites excluding steroid dienone is 2. The minimum absolute atomic E-state index is 0.103. The predicted octanol–water partition coefficient (Wildman–Crippen LogP) is 3.36. The molecule has 3 rings (SSSR count). The Morgan fingerprint density at radius 1 is 1.29 bits per heavy atom. The second kappa shape index (κ2) is 3.73. The fraction of sp³-hybridized carbons (Fsp3) is 0.400. The summed E-state index contributed by atoms with van der Waals surface area (Å²) in [5.74, 6) is 2.21. The molecule has 88 valence electrons. The number of hydrogen-bond acceptors (Lipinski definition) is 2. The molecule has 0 N–H and O–H groups in total. The van der Waals surface area contributed by atoms with E-state index in [0.29, 0.717) is 12.2 Å². The van der Waals surface area contributed by atoms with E-state index >= 15 is 0 Å². The molecular weight excluding hydrogens is 212 g/mol. The van der Waals surface area contributed by atoms with E-state index in [1.807, 2.05) is 25.1 Å². The molecule has 1 saturated carbocycles. The zero-order valence-electron chi connectivity index (χ0n) is 10.0. The van der Waals surface area contributed by atoms with Crippen LogP contribution in [0.2, 0.25) is 0 Å². The molecule has 1 aliphatic heterocycles. The predicted molar refractivity (Wildman–Crippen MR) is 66.0 cm³/mol. The van der Waals surface area contributed by atoms with E-state index in [1.54, 1.807) is 0 Å². The lowest BCUT2D eigenvalue weighted by molar-refractivity contribution is -0.121. The van der Waals surface area contributed by atoms with Gasteiger partial charge >= 0.3 is 0 Å². The van der Waals surface area contributed by atoms with Crippen molar-refractivity contribution in [3.8, 4) is 5.75 Å². The number of benzene rings is 1. The summed E-state index contributed by atoms with van der Waals surface area (Å²) in [5.41, 5.74) is 1.08. The fourth-order valence-electron chi connectivity index (χ4n) is 3.12. The molecule has 0 amide bonds. The average Bonchev–Trinajstić information content (AvgIpc) is 2.28. The Labute approximate surface area is 101 Å². The van der Waals surface area contributed by atoms with Gasteiger partial charge in [0.2, 0.25) is 0 Å². The van der Waals surface area contributed by atoms with Gasteiger partial charge in [-0.05, 0) is 31.9 Å². The van der Waals surface area contributed by atoms with Gasteiger partial charge in [0.05, 0.1) is 5.76 Å². The highest BCUT2D eigenvalue weighted by Gasteiger charge is 2.39. The quantitative estimate of drug-likeness (QED) is 0.680. The molecule has 0 saturated heterocycles. The summed E-state index contributed by atoms with van der Waals surface area (Å²) in [6, 6.07) is 8.09. The Balaban J connectivity index is 2.13. The zero-order valence-corrected chi connectivity index (χ0v) is 10.0. The molecule has 1 aromatic carbocycles. The van der Waals surface area contributed by atoms with Gasteiger partial charge in [0.1, 0.15) is 11.5 Å². The van der Waals surface area contributed by atoms with Crippen LogP contribution in [0.15, 0.2) is 36.1 Å². The van der Waals surface area contributed by atoms with Crippen LogP contribution in [-0.2, 0) is 10.2 Å². The normalized spacial score (nSPS) is 27.4. The van der Waals surface area contributed by atoms with Crippen LogP contribution in [0.25, 0.3) is 0 Å². The third-order valence-electron chi connectivity index (χ3n) is 3.77. The van der Waals surface area contributed by atoms with Gasteiger partial charge in [-0.2, -0.15) is 0 Å². The lowest BCUT2D eigenvalue weighted by Gasteiger charge is -2.38. The monoisotopic (exact) mass is 228 g/mol.